The van der Waals surface area contributed by atoms with Crippen molar-refractivity contribution in [1.29, 1.82) is 0 Å². The quantitative estimate of drug-likeness (QED) is 0.208. The van der Waals surface area contributed by atoms with Gasteiger partial charge in [-0.3, -0.25) is 0 Å². The number of nitrogens with one attached hydrogen (secondary N) is 1. The maximum Gasteiger partial charge on any atom is 0.160 e. The van der Waals surface area contributed by atoms with Crippen LogP contribution in [0.1, 0.15) is 39.6 Å². The fourth-order valence-electron chi connectivity index (χ4n) is 8.00. The molecule has 1 N–H and O–H groups in total. The van der Waals surface area contributed by atoms with Crippen molar-refractivity contribution in [2.24, 2.45) is 0 Å². The minimum Gasteiger partial charge on any atom is -0.457 e. The molecule has 0 radical (unpaired) electrons. The van der Waals surface area contributed by atoms with Gasteiger partial charge in [-0.1, -0.05) is 140 Å². The molecule has 4 heteroatoms. The fourth-order valence-corrected chi connectivity index (χ4v) is 8.00. The van der Waals surface area contributed by atoms with Gasteiger partial charge in [0.25, 0.3) is 0 Å². The highest BCUT2D eigenvalue weighted by Gasteiger charge is 2.51. The predicted molar refractivity (Wildman–Crippen MR) is 200 cm³/mol. The van der Waals surface area contributed by atoms with E-state index in [-0.39, 0.29) is 6.04 Å². The number of hydrogen-bond donors (Lipinski definition) is 1. The van der Waals surface area contributed by atoms with E-state index in [9.17, 15) is 0 Å². The van der Waals surface area contributed by atoms with Crippen LogP contribution in [0.15, 0.2) is 176 Å². The van der Waals surface area contributed by atoms with Crippen LogP contribution in [0.4, 0.5) is 0 Å². The summed E-state index contributed by atoms with van der Waals surface area (Å²) in [7, 11) is 0. The van der Waals surface area contributed by atoms with Gasteiger partial charge in [0.15, 0.2) is 5.82 Å². The lowest BCUT2D eigenvalue weighted by Crippen LogP contribution is -2.32. The maximum absolute atomic E-state index is 6.67. The highest BCUT2D eigenvalue weighted by Crippen LogP contribution is 2.62. The first-order chi connectivity index (χ1) is 24.8. The number of dihydropyridines is 1. The van der Waals surface area contributed by atoms with Gasteiger partial charge in [0.05, 0.1) is 22.8 Å². The van der Waals surface area contributed by atoms with Gasteiger partial charge < -0.3 is 10.1 Å². The van der Waals surface area contributed by atoms with Gasteiger partial charge in [-0.25, -0.2) is 9.97 Å². The molecule has 50 heavy (non-hydrogen) atoms. The predicted octanol–water partition coefficient (Wildman–Crippen LogP) is 10.5. The Bertz CT molecular complexity index is 2400. The second-order valence-electron chi connectivity index (χ2n) is 13.0. The summed E-state index contributed by atoms with van der Waals surface area (Å²) in [6.45, 7) is 0. The van der Waals surface area contributed by atoms with Gasteiger partial charge in [-0.15, -0.1) is 0 Å². The molecular formula is C46H31N3O. The lowest BCUT2D eigenvalue weighted by atomic mass is 9.66. The molecule has 2 aliphatic heterocycles. The van der Waals surface area contributed by atoms with Crippen LogP contribution < -0.4 is 10.1 Å². The van der Waals surface area contributed by atoms with E-state index in [0.717, 1.165) is 56.4 Å². The first-order valence-corrected chi connectivity index (χ1v) is 17.0. The van der Waals surface area contributed by atoms with Crippen molar-refractivity contribution in [3.63, 3.8) is 0 Å². The van der Waals surface area contributed by atoms with Crippen LogP contribution in [0.2, 0.25) is 0 Å². The number of fused-ring (bicyclic) bond motifs is 9. The molecule has 236 valence electrons. The molecule has 4 nitrogen and oxygen atoms in total. The van der Waals surface area contributed by atoms with E-state index in [1.807, 2.05) is 36.4 Å². The Balaban J connectivity index is 1.09. The van der Waals surface area contributed by atoms with Crippen LogP contribution in [0, 0.1) is 0 Å². The molecule has 0 saturated carbocycles. The third kappa shape index (κ3) is 4.32. The standard InChI is InChI=1S/C46H31N3O/c1-3-14-30(15-4-1)41-29-42(49-45(48-41)31-16-5-2-6-17-31)40-24-13-23-39(47-40)32-26-27-44-38(28-32)46(37-22-11-12-25-43(37)50-44)35-20-9-7-18-33(35)34-19-8-10-21-36(34)46/h1-29,40,47H. The van der Waals surface area contributed by atoms with Crippen molar-refractivity contribution in [3.8, 4) is 45.3 Å². The largest absolute Gasteiger partial charge is 0.457 e. The third-order valence-corrected chi connectivity index (χ3v) is 10.2. The van der Waals surface area contributed by atoms with E-state index in [1.165, 1.54) is 22.3 Å². The maximum atomic E-state index is 6.67. The Labute approximate surface area is 291 Å². The van der Waals surface area contributed by atoms with Gasteiger partial charge in [-0.2, -0.15) is 0 Å². The highest BCUT2D eigenvalue weighted by molar-refractivity contribution is 5.89. The Morgan fingerprint density at radius 3 is 1.88 bits per heavy atom. The zero-order chi connectivity index (χ0) is 33.1. The number of nitrogens with zero attached hydrogens (tertiary/aromatic N) is 2. The molecule has 0 fully saturated rings. The second kappa shape index (κ2) is 11.3. The SMILES string of the molecule is C1=CC(c2cc(-c3ccccc3)nc(-c3ccccc3)n2)NC(c2ccc3c(c2)C2(c4ccccc4O3)c3ccccc3-c3ccccc32)=C1. The van der Waals surface area contributed by atoms with Crippen molar-refractivity contribution < 1.29 is 4.74 Å². The minimum absolute atomic E-state index is 0.155. The van der Waals surface area contributed by atoms with Gasteiger partial charge in [0.1, 0.15) is 11.5 Å². The molecule has 1 aliphatic carbocycles. The van der Waals surface area contributed by atoms with E-state index in [2.05, 4.69) is 145 Å². The average molecular weight is 642 g/mol. The summed E-state index contributed by atoms with van der Waals surface area (Å²) < 4.78 is 6.67. The third-order valence-electron chi connectivity index (χ3n) is 10.2. The number of rotatable bonds is 4. The molecule has 3 aliphatic rings. The number of ether oxygens (including phenoxy) is 1. The summed E-state index contributed by atoms with van der Waals surface area (Å²) in [5.74, 6) is 2.47. The van der Waals surface area contributed by atoms with Crippen LogP contribution in [-0.4, -0.2) is 9.97 Å². The second-order valence-corrected chi connectivity index (χ2v) is 13.0. The molecule has 10 rings (SSSR count). The van der Waals surface area contributed by atoms with E-state index in [0.29, 0.717) is 5.82 Å². The molecule has 7 aromatic rings. The van der Waals surface area contributed by atoms with Crippen LogP contribution in [-0.2, 0) is 5.41 Å². The Morgan fingerprint density at radius 2 is 1.14 bits per heavy atom. The molecule has 3 heterocycles. The zero-order valence-electron chi connectivity index (χ0n) is 27.1. The van der Waals surface area contributed by atoms with Crippen molar-refractivity contribution in [2.75, 3.05) is 0 Å². The Hall–Kier alpha value is -6.52. The lowest BCUT2D eigenvalue weighted by Gasteiger charge is -2.39. The van der Waals surface area contributed by atoms with Gasteiger partial charge >= 0.3 is 0 Å². The molecule has 1 unspecified atom stereocenters. The molecule has 0 amide bonds. The fraction of sp³-hybridized carbons (Fsp3) is 0.0435. The highest BCUT2D eigenvalue weighted by atomic mass is 16.5. The molecule has 0 bridgehead atoms. The molecule has 1 spiro atoms. The monoisotopic (exact) mass is 641 g/mol. The number of para-hydroxylation sites is 1. The smallest absolute Gasteiger partial charge is 0.160 e. The van der Waals surface area contributed by atoms with E-state index >= 15 is 0 Å². The number of allylic oxidation sites excluding steroid dienone is 2. The lowest BCUT2D eigenvalue weighted by molar-refractivity contribution is 0.436. The van der Waals surface area contributed by atoms with E-state index in [4.69, 9.17) is 14.7 Å². The Morgan fingerprint density at radius 1 is 0.520 bits per heavy atom. The van der Waals surface area contributed by atoms with Crippen LogP contribution in [0.5, 0.6) is 11.5 Å². The van der Waals surface area contributed by atoms with Gasteiger partial charge in [0.2, 0.25) is 0 Å². The summed E-state index contributed by atoms with van der Waals surface area (Å²) >= 11 is 0. The van der Waals surface area contributed by atoms with Gasteiger partial charge in [0, 0.05) is 28.0 Å². The van der Waals surface area contributed by atoms with Crippen molar-refractivity contribution >= 4 is 5.70 Å². The van der Waals surface area contributed by atoms with Crippen molar-refractivity contribution in [2.45, 2.75) is 11.5 Å². The minimum atomic E-state index is -0.514. The molecule has 1 atom stereocenters. The first kappa shape index (κ1) is 28.5. The van der Waals surface area contributed by atoms with Crippen LogP contribution in [0.25, 0.3) is 39.5 Å². The zero-order valence-corrected chi connectivity index (χ0v) is 27.1. The molecule has 1 aromatic heterocycles. The van der Waals surface area contributed by atoms with Crippen LogP contribution >= 0.6 is 0 Å². The molecule has 0 saturated heterocycles. The van der Waals surface area contributed by atoms with E-state index < -0.39 is 5.41 Å². The van der Waals surface area contributed by atoms with E-state index in [1.54, 1.807) is 0 Å². The molecular weight excluding hydrogens is 611 g/mol. The summed E-state index contributed by atoms with van der Waals surface area (Å²) in [5, 5.41) is 3.83. The first-order valence-electron chi connectivity index (χ1n) is 17.0. The van der Waals surface area contributed by atoms with Gasteiger partial charge in [-0.05, 0) is 64.2 Å². The number of hydrogen-bond acceptors (Lipinski definition) is 4. The van der Waals surface area contributed by atoms with Crippen LogP contribution in [0.3, 0.4) is 0 Å². The summed E-state index contributed by atoms with van der Waals surface area (Å²) in [4.78, 5) is 10.1. The number of benzene rings is 6. The Kier molecular flexibility index (Phi) is 6.43. The van der Waals surface area contributed by atoms with Crippen molar-refractivity contribution in [3.05, 3.63) is 209 Å². The average Bonchev–Trinajstić information content (AvgIpc) is 3.49. The normalized spacial score (nSPS) is 15.9. The molecule has 6 aromatic carbocycles. The summed E-state index contributed by atoms with van der Waals surface area (Å²) in [6.07, 6.45) is 6.44. The van der Waals surface area contributed by atoms with Crippen molar-refractivity contribution in [1.82, 2.24) is 15.3 Å². The summed E-state index contributed by atoms with van der Waals surface area (Å²) in [5.41, 5.74) is 12.8. The summed E-state index contributed by atoms with van der Waals surface area (Å²) in [6, 6.07) is 55.2. The topological polar surface area (TPSA) is 47.0 Å². The number of aromatic nitrogens is 2.